The van der Waals surface area contributed by atoms with Gasteiger partial charge < -0.3 is 10.2 Å². The van der Waals surface area contributed by atoms with E-state index in [1.807, 2.05) is 24.3 Å². The number of nitrogens with zero attached hydrogens (tertiary/aromatic N) is 1. The lowest BCUT2D eigenvalue weighted by atomic mass is 10.1. The van der Waals surface area contributed by atoms with E-state index in [9.17, 15) is 9.59 Å². The fourth-order valence-electron chi connectivity index (χ4n) is 2.65. The van der Waals surface area contributed by atoms with Gasteiger partial charge in [-0.25, -0.2) is 0 Å². The molecular weight excluding hydrogens is 424 g/mol. The van der Waals surface area contributed by atoms with Crippen LogP contribution in [0, 0.1) is 6.92 Å². The third-order valence-corrected chi connectivity index (χ3v) is 5.75. The highest BCUT2D eigenvalue weighted by Gasteiger charge is 2.25. The number of likely N-dealkylation sites (N-methyl/N-ethyl adjacent to an activating group) is 1. The number of rotatable bonds is 8. The molecule has 144 valence electrons. The molecule has 0 aliphatic rings. The highest BCUT2D eigenvalue weighted by atomic mass is 79.9. The van der Waals surface area contributed by atoms with Crippen LogP contribution in [-0.4, -0.2) is 35.6 Å². The SMILES string of the molecule is CNC(=O)[C@H](C)N(Cc1cccc(Br)c1)C(=O)CSCc1ccc(C)cc1. The summed E-state index contributed by atoms with van der Waals surface area (Å²) in [6, 6.07) is 15.6. The quantitative estimate of drug-likeness (QED) is 0.659. The molecule has 0 aliphatic heterocycles. The molecule has 0 unspecified atom stereocenters. The van der Waals surface area contributed by atoms with Crippen LogP contribution in [0.1, 0.15) is 23.6 Å². The Hall–Kier alpha value is -1.79. The van der Waals surface area contributed by atoms with Crippen molar-refractivity contribution in [2.75, 3.05) is 12.8 Å². The van der Waals surface area contributed by atoms with Gasteiger partial charge in [0.15, 0.2) is 0 Å². The summed E-state index contributed by atoms with van der Waals surface area (Å²) in [5.74, 6) is 0.902. The van der Waals surface area contributed by atoms with Gasteiger partial charge in [0.05, 0.1) is 5.75 Å². The van der Waals surface area contributed by atoms with Gasteiger partial charge in [0, 0.05) is 23.8 Å². The summed E-state index contributed by atoms with van der Waals surface area (Å²) in [5, 5.41) is 2.64. The molecule has 0 fully saturated rings. The number of aryl methyl sites for hydroxylation is 1. The highest BCUT2D eigenvalue weighted by molar-refractivity contribution is 9.10. The van der Waals surface area contributed by atoms with Gasteiger partial charge in [-0.05, 0) is 37.1 Å². The number of hydrogen-bond donors (Lipinski definition) is 1. The molecule has 0 aliphatic carbocycles. The molecule has 0 aromatic heterocycles. The topological polar surface area (TPSA) is 49.4 Å². The lowest BCUT2D eigenvalue weighted by Gasteiger charge is -2.28. The Kier molecular flexibility index (Phi) is 8.38. The number of nitrogens with one attached hydrogen (secondary N) is 1. The number of amides is 2. The molecule has 2 rings (SSSR count). The first-order valence-electron chi connectivity index (χ1n) is 8.79. The van der Waals surface area contributed by atoms with Crippen molar-refractivity contribution in [1.82, 2.24) is 10.2 Å². The molecule has 0 bridgehead atoms. The molecule has 2 aromatic rings. The van der Waals surface area contributed by atoms with Crippen molar-refractivity contribution < 1.29 is 9.59 Å². The molecule has 6 heteroatoms. The number of carbonyl (C=O) groups excluding carboxylic acids is 2. The summed E-state index contributed by atoms with van der Waals surface area (Å²) in [5.41, 5.74) is 3.40. The zero-order valence-electron chi connectivity index (χ0n) is 15.9. The average Bonchev–Trinajstić information content (AvgIpc) is 2.66. The zero-order chi connectivity index (χ0) is 19.8. The van der Waals surface area contributed by atoms with E-state index >= 15 is 0 Å². The standard InChI is InChI=1S/C21H25BrN2O2S/c1-15-7-9-17(10-8-15)13-27-14-20(25)24(16(2)21(26)23-3)12-18-5-4-6-19(22)11-18/h4-11,16H,12-14H2,1-3H3,(H,23,26)/t16-/m0/s1. The van der Waals surface area contributed by atoms with Crippen molar-refractivity contribution in [2.45, 2.75) is 32.2 Å². The predicted molar refractivity (Wildman–Crippen MR) is 116 cm³/mol. The summed E-state index contributed by atoms with van der Waals surface area (Å²) in [6.07, 6.45) is 0. The van der Waals surface area contributed by atoms with Gasteiger partial charge in [-0.3, -0.25) is 9.59 Å². The van der Waals surface area contributed by atoms with E-state index < -0.39 is 6.04 Å². The van der Waals surface area contributed by atoms with Crippen LogP contribution in [0.25, 0.3) is 0 Å². The molecule has 27 heavy (non-hydrogen) atoms. The predicted octanol–water partition coefficient (Wildman–Crippen LogP) is 4.15. The fraction of sp³-hybridized carbons (Fsp3) is 0.333. The second-order valence-electron chi connectivity index (χ2n) is 6.42. The van der Waals surface area contributed by atoms with Gasteiger partial charge in [0.25, 0.3) is 0 Å². The van der Waals surface area contributed by atoms with E-state index in [4.69, 9.17) is 0 Å². The highest BCUT2D eigenvalue weighted by Crippen LogP contribution is 2.18. The van der Waals surface area contributed by atoms with Crippen molar-refractivity contribution in [1.29, 1.82) is 0 Å². The van der Waals surface area contributed by atoms with Gasteiger partial charge in [0.1, 0.15) is 6.04 Å². The summed E-state index contributed by atoms with van der Waals surface area (Å²) in [6.45, 7) is 4.22. The molecular formula is C21H25BrN2O2S. The van der Waals surface area contributed by atoms with Crippen LogP contribution in [-0.2, 0) is 21.9 Å². The minimum Gasteiger partial charge on any atom is -0.357 e. The van der Waals surface area contributed by atoms with Crippen LogP contribution >= 0.6 is 27.7 Å². The molecule has 0 saturated heterocycles. The van der Waals surface area contributed by atoms with Gasteiger partial charge >= 0.3 is 0 Å². The van der Waals surface area contributed by atoms with Crippen LogP contribution in [0.5, 0.6) is 0 Å². The summed E-state index contributed by atoms with van der Waals surface area (Å²) < 4.78 is 0.953. The van der Waals surface area contributed by atoms with Crippen LogP contribution in [0.3, 0.4) is 0 Å². The first-order valence-corrected chi connectivity index (χ1v) is 10.7. The number of hydrogen-bond acceptors (Lipinski definition) is 3. The molecule has 0 spiro atoms. The number of benzene rings is 2. The van der Waals surface area contributed by atoms with E-state index in [0.29, 0.717) is 12.3 Å². The molecule has 1 N–H and O–H groups in total. The molecule has 0 saturated carbocycles. The summed E-state index contributed by atoms with van der Waals surface area (Å²) in [4.78, 5) is 26.6. The third kappa shape index (κ3) is 6.70. The monoisotopic (exact) mass is 448 g/mol. The largest absolute Gasteiger partial charge is 0.357 e. The van der Waals surface area contributed by atoms with Crippen LogP contribution in [0.15, 0.2) is 53.0 Å². The summed E-state index contributed by atoms with van der Waals surface area (Å²) >= 11 is 5.02. The van der Waals surface area contributed by atoms with Crippen molar-refractivity contribution in [2.24, 2.45) is 0 Å². The fourth-order valence-corrected chi connectivity index (χ4v) is 3.96. The van der Waals surface area contributed by atoms with E-state index in [1.54, 1.807) is 30.6 Å². The maximum absolute atomic E-state index is 12.9. The number of carbonyl (C=O) groups is 2. The van der Waals surface area contributed by atoms with Crippen molar-refractivity contribution in [3.8, 4) is 0 Å². The van der Waals surface area contributed by atoms with Crippen LogP contribution < -0.4 is 5.32 Å². The van der Waals surface area contributed by atoms with E-state index in [0.717, 1.165) is 15.8 Å². The van der Waals surface area contributed by atoms with E-state index in [-0.39, 0.29) is 11.8 Å². The van der Waals surface area contributed by atoms with Crippen LogP contribution in [0.4, 0.5) is 0 Å². The normalized spacial score (nSPS) is 11.7. The lowest BCUT2D eigenvalue weighted by molar-refractivity contribution is -0.138. The maximum atomic E-state index is 12.9. The lowest BCUT2D eigenvalue weighted by Crippen LogP contribution is -2.47. The Morgan fingerprint density at radius 3 is 2.48 bits per heavy atom. The third-order valence-electron chi connectivity index (χ3n) is 4.27. The average molecular weight is 449 g/mol. The van der Waals surface area contributed by atoms with Crippen LogP contribution in [0.2, 0.25) is 0 Å². The summed E-state index contributed by atoms with van der Waals surface area (Å²) in [7, 11) is 1.59. The zero-order valence-corrected chi connectivity index (χ0v) is 18.3. The molecule has 1 atom stereocenters. The molecule has 2 aromatic carbocycles. The molecule has 2 amide bonds. The number of thioether (sulfide) groups is 1. The van der Waals surface area contributed by atoms with E-state index in [2.05, 4.69) is 52.4 Å². The van der Waals surface area contributed by atoms with Crippen molar-refractivity contribution in [3.05, 3.63) is 69.7 Å². The van der Waals surface area contributed by atoms with Crippen molar-refractivity contribution >= 4 is 39.5 Å². The minimum atomic E-state index is -0.526. The molecule has 4 nitrogen and oxygen atoms in total. The van der Waals surface area contributed by atoms with Crippen molar-refractivity contribution in [3.63, 3.8) is 0 Å². The van der Waals surface area contributed by atoms with Gasteiger partial charge in [-0.2, -0.15) is 0 Å². The Balaban J connectivity index is 2.03. The molecule has 0 heterocycles. The van der Waals surface area contributed by atoms with E-state index in [1.165, 1.54) is 11.1 Å². The maximum Gasteiger partial charge on any atom is 0.242 e. The first-order chi connectivity index (χ1) is 12.9. The first kappa shape index (κ1) is 21.5. The second-order valence-corrected chi connectivity index (χ2v) is 8.32. The Bertz CT molecular complexity index is 780. The Morgan fingerprint density at radius 2 is 1.85 bits per heavy atom. The smallest absolute Gasteiger partial charge is 0.242 e. The number of halogens is 1. The Labute approximate surface area is 173 Å². The second kappa shape index (κ2) is 10.5. The van der Waals surface area contributed by atoms with Gasteiger partial charge in [-0.1, -0.05) is 57.9 Å². The Morgan fingerprint density at radius 1 is 1.15 bits per heavy atom. The molecule has 0 radical (unpaired) electrons. The minimum absolute atomic E-state index is 0.0387. The van der Waals surface area contributed by atoms with Gasteiger partial charge in [-0.15, -0.1) is 11.8 Å². The van der Waals surface area contributed by atoms with Gasteiger partial charge in [0.2, 0.25) is 11.8 Å².